The summed E-state index contributed by atoms with van der Waals surface area (Å²) in [4.78, 5) is 11.8. The molecule has 0 aliphatic heterocycles. The van der Waals surface area contributed by atoms with Crippen LogP contribution in [-0.2, 0) is 10.9 Å². The van der Waals surface area contributed by atoms with Gasteiger partial charge in [0.15, 0.2) is 0 Å². The topological polar surface area (TPSA) is 39.4 Å². The maximum Gasteiger partial charge on any atom is 0.417 e. The molecule has 0 atom stereocenters. The van der Waals surface area contributed by atoms with E-state index in [1.807, 2.05) is 0 Å². The van der Waals surface area contributed by atoms with E-state index < -0.39 is 17.7 Å². The molecular weight excluding hydrogens is 321 g/mol. The monoisotopic (exact) mass is 338 g/mol. The summed E-state index contributed by atoms with van der Waals surface area (Å²) in [5, 5.41) is 0. The molecule has 0 spiro atoms. The first kappa shape index (κ1) is 16.6. The van der Waals surface area contributed by atoms with E-state index in [2.05, 4.69) is 4.74 Å². The third-order valence-corrected chi connectivity index (χ3v) is 4.42. The lowest BCUT2D eigenvalue weighted by Gasteiger charge is -2.14. The predicted octanol–water partition coefficient (Wildman–Crippen LogP) is 5.41. The summed E-state index contributed by atoms with van der Waals surface area (Å²) >= 11 is 0. The smallest absolute Gasteiger partial charge is 0.417 e. The van der Waals surface area contributed by atoms with E-state index in [0.29, 0.717) is 5.56 Å². The molecule has 1 saturated carbocycles. The normalized spacial score (nSPS) is 15.7. The van der Waals surface area contributed by atoms with Gasteiger partial charge in [0, 0.05) is 11.1 Å². The molecule has 0 saturated heterocycles. The molecule has 3 nitrogen and oxygen atoms in total. The third-order valence-electron chi connectivity index (χ3n) is 4.42. The van der Waals surface area contributed by atoms with Crippen LogP contribution in [0.3, 0.4) is 0 Å². The Morgan fingerprint density at radius 2 is 1.88 bits per heavy atom. The van der Waals surface area contributed by atoms with Gasteiger partial charge in [0.05, 0.1) is 12.7 Å². The van der Waals surface area contributed by atoms with Crippen molar-refractivity contribution in [2.45, 2.75) is 37.8 Å². The van der Waals surface area contributed by atoms with E-state index >= 15 is 0 Å². The average Bonchev–Trinajstić information content (AvgIpc) is 3.22. The standard InChI is InChI=1S/C18H17F3O3/c1-23-17(22)15-10-13(11-6-2-3-7-11)16(24-15)12-8-4-5-9-14(12)18(19,20)21/h4-5,8-11H,2-3,6-7H2,1H3. The minimum atomic E-state index is -4.50. The van der Waals surface area contributed by atoms with Gasteiger partial charge in [-0.25, -0.2) is 4.79 Å². The summed E-state index contributed by atoms with van der Waals surface area (Å²) in [5.41, 5.74) is -0.151. The fraction of sp³-hybridized carbons (Fsp3) is 0.389. The fourth-order valence-electron chi connectivity index (χ4n) is 3.29. The van der Waals surface area contributed by atoms with Crippen molar-refractivity contribution in [3.8, 4) is 11.3 Å². The molecule has 1 fully saturated rings. The van der Waals surface area contributed by atoms with Crippen LogP contribution in [0.15, 0.2) is 34.7 Å². The maximum atomic E-state index is 13.3. The minimum Gasteiger partial charge on any atom is -0.463 e. The van der Waals surface area contributed by atoms with Crippen LogP contribution in [0.5, 0.6) is 0 Å². The van der Waals surface area contributed by atoms with Crippen molar-refractivity contribution in [2.24, 2.45) is 0 Å². The summed E-state index contributed by atoms with van der Waals surface area (Å²) < 4.78 is 50.2. The highest BCUT2D eigenvalue weighted by Gasteiger charge is 2.36. The molecule has 128 valence electrons. The van der Waals surface area contributed by atoms with Gasteiger partial charge in [-0.2, -0.15) is 13.2 Å². The summed E-state index contributed by atoms with van der Waals surface area (Å²) in [5.74, 6) is -0.532. The molecule has 1 aliphatic carbocycles. The Hall–Kier alpha value is -2.24. The molecule has 0 N–H and O–H groups in total. The lowest BCUT2D eigenvalue weighted by molar-refractivity contribution is -0.137. The van der Waals surface area contributed by atoms with Crippen molar-refractivity contribution in [3.05, 3.63) is 47.2 Å². The first-order valence-electron chi connectivity index (χ1n) is 7.80. The van der Waals surface area contributed by atoms with Crippen molar-refractivity contribution in [2.75, 3.05) is 7.11 Å². The second-order valence-corrected chi connectivity index (χ2v) is 5.91. The third kappa shape index (κ3) is 3.05. The van der Waals surface area contributed by atoms with Crippen LogP contribution in [0, 0.1) is 0 Å². The second kappa shape index (κ2) is 6.34. The average molecular weight is 338 g/mol. The van der Waals surface area contributed by atoms with E-state index in [-0.39, 0.29) is 23.0 Å². The number of ether oxygens (including phenoxy) is 1. The van der Waals surface area contributed by atoms with Crippen LogP contribution < -0.4 is 0 Å². The van der Waals surface area contributed by atoms with E-state index in [1.54, 1.807) is 0 Å². The molecule has 2 aromatic rings. The van der Waals surface area contributed by atoms with Crippen molar-refractivity contribution in [1.29, 1.82) is 0 Å². The van der Waals surface area contributed by atoms with Gasteiger partial charge in [-0.05, 0) is 30.9 Å². The van der Waals surface area contributed by atoms with Gasteiger partial charge in [-0.15, -0.1) is 0 Å². The number of rotatable bonds is 3. The molecule has 0 radical (unpaired) electrons. The fourth-order valence-corrected chi connectivity index (χ4v) is 3.29. The zero-order chi connectivity index (χ0) is 17.3. The number of benzene rings is 1. The van der Waals surface area contributed by atoms with Gasteiger partial charge in [0.2, 0.25) is 5.76 Å². The number of carbonyl (C=O) groups is 1. The molecular formula is C18H17F3O3. The van der Waals surface area contributed by atoms with Gasteiger partial charge >= 0.3 is 12.1 Å². The molecule has 0 unspecified atom stereocenters. The number of methoxy groups -OCH3 is 1. The summed E-state index contributed by atoms with van der Waals surface area (Å²) in [7, 11) is 1.21. The Morgan fingerprint density at radius 3 is 2.50 bits per heavy atom. The summed E-state index contributed by atoms with van der Waals surface area (Å²) in [6, 6.07) is 6.80. The van der Waals surface area contributed by atoms with E-state index in [4.69, 9.17) is 4.42 Å². The SMILES string of the molecule is COC(=O)c1cc(C2CCCC2)c(-c2ccccc2C(F)(F)F)o1. The Kier molecular flexibility index (Phi) is 4.39. The molecule has 6 heteroatoms. The molecule has 0 bridgehead atoms. The van der Waals surface area contributed by atoms with Gasteiger partial charge in [0.1, 0.15) is 5.76 Å². The number of esters is 1. The van der Waals surface area contributed by atoms with E-state index in [9.17, 15) is 18.0 Å². The first-order valence-corrected chi connectivity index (χ1v) is 7.80. The zero-order valence-electron chi connectivity index (χ0n) is 13.2. The zero-order valence-corrected chi connectivity index (χ0v) is 13.2. The van der Waals surface area contributed by atoms with Crippen LogP contribution in [0.4, 0.5) is 13.2 Å². The van der Waals surface area contributed by atoms with Crippen LogP contribution in [0.2, 0.25) is 0 Å². The van der Waals surface area contributed by atoms with Crippen molar-refractivity contribution in [1.82, 2.24) is 0 Å². The largest absolute Gasteiger partial charge is 0.463 e. The number of hydrogen-bond donors (Lipinski definition) is 0. The lowest BCUT2D eigenvalue weighted by Crippen LogP contribution is -2.07. The Bertz CT molecular complexity index is 740. The van der Waals surface area contributed by atoms with Crippen molar-refractivity contribution < 1.29 is 27.1 Å². The van der Waals surface area contributed by atoms with Crippen LogP contribution in [-0.4, -0.2) is 13.1 Å². The lowest BCUT2D eigenvalue weighted by atomic mass is 9.93. The number of carbonyl (C=O) groups excluding carboxylic acids is 1. The van der Waals surface area contributed by atoms with Crippen molar-refractivity contribution >= 4 is 5.97 Å². The molecule has 1 aliphatic rings. The van der Waals surface area contributed by atoms with Crippen LogP contribution in [0.1, 0.15) is 53.3 Å². The molecule has 1 heterocycles. The minimum absolute atomic E-state index is 0.0398. The number of alkyl halides is 3. The number of furan rings is 1. The molecule has 0 amide bonds. The van der Waals surface area contributed by atoms with Gasteiger partial charge in [-0.3, -0.25) is 0 Å². The quantitative estimate of drug-likeness (QED) is 0.703. The van der Waals surface area contributed by atoms with Crippen LogP contribution >= 0.6 is 0 Å². The molecule has 3 rings (SSSR count). The second-order valence-electron chi connectivity index (χ2n) is 5.91. The summed E-state index contributed by atoms with van der Waals surface area (Å²) in [6.07, 6.45) is -0.710. The van der Waals surface area contributed by atoms with Crippen molar-refractivity contribution in [3.63, 3.8) is 0 Å². The number of hydrogen-bond acceptors (Lipinski definition) is 3. The van der Waals surface area contributed by atoms with Crippen LogP contribution in [0.25, 0.3) is 11.3 Å². The highest BCUT2D eigenvalue weighted by Crippen LogP contribution is 2.44. The van der Waals surface area contributed by atoms with Gasteiger partial charge < -0.3 is 9.15 Å². The molecule has 1 aromatic carbocycles. The summed E-state index contributed by atoms with van der Waals surface area (Å²) in [6.45, 7) is 0. The Morgan fingerprint density at radius 1 is 1.21 bits per heavy atom. The molecule has 1 aromatic heterocycles. The molecule has 24 heavy (non-hydrogen) atoms. The van der Waals surface area contributed by atoms with Gasteiger partial charge in [-0.1, -0.05) is 31.0 Å². The first-order chi connectivity index (χ1) is 11.4. The van der Waals surface area contributed by atoms with E-state index in [1.165, 1.54) is 31.4 Å². The highest BCUT2D eigenvalue weighted by molar-refractivity contribution is 5.88. The van der Waals surface area contributed by atoms with E-state index in [0.717, 1.165) is 31.7 Å². The Labute approximate surface area is 137 Å². The maximum absolute atomic E-state index is 13.3. The van der Waals surface area contributed by atoms with Gasteiger partial charge in [0.25, 0.3) is 0 Å². The number of halogens is 3. The Balaban J connectivity index is 2.16. The predicted molar refractivity (Wildman–Crippen MR) is 81.7 cm³/mol. The highest BCUT2D eigenvalue weighted by atomic mass is 19.4.